The molecule has 1 aliphatic rings. The Morgan fingerprint density at radius 3 is 1.80 bits per heavy atom. The lowest BCUT2D eigenvalue weighted by molar-refractivity contribution is 0.669. The van der Waals surface area contributed by atoms with E-state index in [1.807, 2.05) is 23.9 Å². The van der Waals surface area contributed by atoms with Gasteiger partial charge in [0.2, 0.25) is 0 Å². The normalized spacial score (nSPS) is 12.5. The maximum Gasteiger partial charge on any atom is 0.135 e. The van der Waals surface area contributed by atoms with Crippen LogP contribution in [0.1, 0.15) is 11.1 Å². The highest BCUT2D eigenvalue weighted by atomic mass is 32.2. The Balaban J connectivity index is 1.14. The Labute approximate surface area is 272 Å². The minimum absolute atomic E-state index is 0.929. The van der Waals surface area contributed by atoms with Crippen LogP contribution in [0.25, 0.3) is 77.8 Å². The van der Waals surface area contributed by atoms with E-state index < -0.39 is 0 Å². The first kappa shape index (κ1) is 27.0. The van der Waals surface area contributed by atoms with Crippen molar-refractivity contribution in [2.24, 2.45) is 0 Å². The van der Waals surface area contributed by atoms with Crippen molar-refractivity contribution in [1.82, 2.24) is 4.98 Å². The van der Waals surface area contributed by atoms with Crippen LogP contribution in [0.3, 0.4) is 0 Å². The molecule has 0 spiro atoms. The van der Waals surface area contributed by atoms with Crippen molar-refractivity contribution in [3.63, 3.8) is 0 Å². The Bertz CT molecular complexity index is 2330. The minimum atomic E-state index is 0.929. The lowest BCUT2D eigenvalue weighted by atomic mass is 9.90. The number of fused-ring (bicyclic) bond motifs is 6. The number of nitrogens with zero attached hydrogens (tertiary/aromatic N) is 1. The van der Waals surface area contributed by atoms with Crippen LogP contribution in [0, 0.1) is 0 Å². The zero-order chi connectivity index (χ0) is 30.5. The number of pyridine rings is 1. The van der Waals surface area contributed by atoms with E-state index in [2.05, 4.69) is 140 Å². The van der Waals surface area contributed by atoms with Crippen LogP contribution in [0.15, 0.2) is 156 Å². The summed E-state index contributed by atoms with van der Waals surface area (Å²) in [7, 11) is 0. The molecule has 46 heavy (non-hydrogen) atoms. The van der Waals surface area contributed by atoms with Gasteiger partial charge in [-0.15, -0.1) is 0 Å². The standard InChI is InChI=1S/C43H29NOS/c1-3-9-28(10-4-1)40-24-34(25-41(44-40)29-11-5-2-6-12-29)32-15-16-33-26-46-27-35-21-30(17-19-36(35)38(33)22-32)31-18-20-43-39(23-31)37-13-7-8-14-42(37)45-43/h1-25H,26-27H2. The SMILES string of the molecule is c1ccc(-c2cc(-c3ccc4c(c3)-c3ccc(-c5ccc6oc7ccccc7c6c5)cc3CSC4)cc(-c3ccccc3)n2)cc1. The van der Waals surface area contributed by atoms with Crippen LogP contribution in [-0.4, -0.2) is 4.98 Å². The van der Waals surface area contributed by atoms with Crippen molar-refractivity contribution < 1.29 is 4.42 Å². The van der Waals surface area contributed by atoms with E-state index in [-0.39, 0.29) is 0 Å². The molecule has 0 fully saturated rings. The Hall–Kier alpha value is -5.38. The summed E-state index contributed by atoms with van der Waals surface area (Å²) in [6, 6.07) is 54.2. The van der Waals surface area contributed by atoms with Crippen LogP contribution in [0.2, 0.25) is 0 Å². The lowest BCUT2D eigenvalue weighted by Crippen LogP contribution is -1.93. The molecule has 0 atom stereocenters. The smallest absolute Gasteiger partial charge is 0.135 e. The highest BCUT2D eigenvalue weighted by molar-refractivity contribution is 7.97. The quantitative estimate of drug-likeness (QED) is 0.199. The average molecular weight is 608 g/mol. The molecule has 6 aromatic carbocycles. The van der Waals surface area contributed by atoms with E-state index in [0.717, 1.165) is 56.0 Å². The third kappa shape index (κ3) is 4.81. The van der Waals surface area contributed by atoms with Gasteiger partial charge in [-0.05, 0) is 87.0 Å². The molecule has 0 amide bonds. The van der Waals surface area contributed by atoms with Gasteiger partial charge in [0.1, 0.15) is 11.2 Å². The number of hydrogen-bond donors (Lipinski definition) is 0. The zero-order valence-electron chi connectivity index (χ0n) is 25.1. The van der Waals surface area contributed by atoms with Gasteiger partial charge in [-0.25, -0.2) is 4.98 Å². The van der Waals surface area contributed by atoms with Gasteiger partial charge >= 0.3 is 0 Å². The molecule has 1 aliphatic heterocycles. The predicted octanol–water partition coefficient (Wildman–Crippen LogP) is 12.1. The maximum absolute atomic E-state index is 6.09. The molecule has 2 nitrogen and oxygen atoms in total. The van der Waals surface area contributed by atoms with Crippen LogP contribution in [-0.2, 0) is 11.5 Å². The van der Waals surface area contributed by atoms with Gasteiger partial charge in [-0.3, -0.25) is 0 Å². The molecule has 218 valence electrons. The number of furan rings is 1. The van der Waals surface area contributed by atoms with E-state index in [4.69, 9.17) is 9.40 Å². The van der Waals surface area contributed by atoms with Crippen molar-refractivity contribution in [1.29, 1.82) is 0 Å². The number of rotatable bonds is 4. The first-order valence-electron chi connectivity index (χ1n) is 15.7. The maximum atomic E-state index is 6.09. The van der Waals surface area contributed by atoms with Gasteiger partial charge in [0.25, 0.3) is 0 Å². The summed E-state index contributed by atoms with van der Waals surface area (Å²) in [5.41, 5.74) is 16.3. The zero-order valence-corrected chi connectivity index (χ0v) is 25.9. The molecule has 0 N–H and O–H groups in total. The molecule has 9 rings (SSSR count). The molecule has 8 aromatic rings. The van der Waals surface area contributed by atoms with E-state index in [1.54, 1.807) is 0 Å². The van der Waals surface area contributed by atoms with E-state index in [0.29, 0.717) is 0 Å². The second-order valence-corrected chi connectivity index (χ2v) is 12.9. The average Bonchev–Trinajstić information content (AvgIpc) is 3.40. The fourth-order valence-electron chi connectivity index (χ4n) is 6.68. The first-order chi connectivity index (χ1) is 22.8. The fourth-order valence-corrected chi connectivity index (χ4v) is 7.71. The van der Waals surface area contributed by atoms with E-state index in [9.17, 15) is 0 Å². The van der Waals surface area contributed by atoms with Crippen molar-refractivity contribution in [3.05, 3.63) is 163 Å². The number of hydrogen-bond acceptors (Lipinski definition) is 3. The van der Waals surface area contributed by atoms with Gasteiger partial charge in [0.15, 0.2) is 0 Å². The van der Waals surface area contributed by atoms with Gasteiger partial charge < -0.3 is 4.42 Å². The van der Waals surface area contributed by atoms with Crippen molar-refractivity contribution >= 4 is 33.7 Å². The molecule has 0 bridgehead atoms. The topological polar surface area (TPSA) is 26.0 Å². The Morgan fingerprint density at radius 2 is 1.02 bits per heavy atom. The first-order valence-corrected chi connectivity index (χ1v) is 16.8. The monoisotopic (exact) mass is 607 g/mol. The van der Waals surface area contributed by atoms with Crippen LogP contribution in [0.5, 0.6) is 0 Å². The number of thioether (sulfide) groups is 1. The second kappa shape index (κ2) is 11.2. The molecule has 0 saturated heterocycles. The number of benzene rings is 6. The second-order valence-electron chi connectivity index (χ2n) is 11.9. The largest absolute Gasteiger partial charge is 0.456 e. The van der Waals surface area contributed by atoms with Crippen molar-refractivity contribution in [2.45, 2.75) is 11.5 Å². The molecule has 0 aliphatic carbocycles. The number of aromatic nitrogens is 1. The summed E-state index contributed by atoms with van der Waals surface area (Å²) >= 11 is 1.99. The van der Waals surface area contributed by atoms with Crippen molar-refractivity contribution in [2.75, 3.05) is 0 Å². The highest BCUT2D eigenvalue weighted by Gasteiger charge is 2.18. The van der Waals surface area contributed by atoms with Gasteiger partial charge in [-0.2, -0.15) is 11.8 Å². The summed E-state index contributed by atoms with van der Waals surface area (Å²) in [4.78, 5) is 5.10. The van der Waals surface area contributed by atoms with Gasteiger partial charge in [0, 0.05) is 33.4 Å². The molecule has 2 aromatic heterocycles. The van der Waals surface area contributed by atoms with Gasteiger partial charge in [-0.1, -0.05) is 109 Å². The number of para-hydroxylation sites is 1. The molecular weight excluding hydrogens is 579 g/mol. The molecule has 0 unspecified atom stereocenters. The van der Waals surface area contributed by atoms with Gasteiger partial charge in [0.05, 0.1) is 11.4 Å². The van der Waals surface area contributed by atoms with E-state index in [1.165, 1.54) is 44.5 Å². The third-order valence-corrected chi connectivity index (χ3v) is 10.1. The van der Waals surface area contributed by atoms with Crippen LogP contribution < -0.4 is 0 Å². The summed E-state index contributed by atoms with van der Waals surface area (Å²) in [5.74, 6) is 1.98. The van der Waals surface area contributed by atoms with E-state index >= 15 is 0 Å². The van der Waals surface area contributed by atoms with Crippen LogP contribution >= 0.6 is 11.8 Å². The summed E-state index contributed by atoms with van der Waals surface area (Å²) in [6.07, 6.45) is 0. The third-order valence-electron chi connectivity index (χ3n) is 9.03. The Kier molecular flexibility index (Phi) is 6.57. The summed E-state index contributed by atoms with van der Waals surface area (Å²) < 4.78 is 6.09. The predicted molar refractivity (Wildman–Crippen MR) is 194 cm³/mol. The minimum Gasteiger partial charge on any atom is -0.456 e. The fraction of sp³-hybridized carbons (Fsp3) is 0.0465. The summed E-state index contributed by atoms with van der Waals surface area (Å²) in [5, 5.41) is 2.32. The molecule has 3 heterocycles. The van der Waals surface area contributed by atoms with Crippen molar-refractivity contribution in [3.8, 4) is 55.9 Å². The Morgan fingerprint density at radius 1 is 0.413 bits per heavy atom. The van der Waals surface area contributed by atoms with Crippen LogP contribution in [0.4, 0.5) is 0 Å². The molecule has 0 saturated carbocycles. The molecule has 3 heteroatoms. The molecular formula is C43H29NOS. The summed E-state index contributed by atoms with van der Waals surface area (Å²) in [6.45, 7) is 0. The highest BCUT2D eigenvalue weighted by Crippen LogP contribution is 2.41. The molecule has 0 radical (unpaired) electrons. The lowest BCUT2D eigenvalue weighted by Gasteiger charge is -2.15.